The van der Waals surface area contributed by atoms with Crippen molar-refractivity contribution in [3.63, 3.8) is 0 Å². The van der Waals surface area contributed by atoms with Crippen molar-refractivity contribution in [2.75, 3.05) is 18.0 Å². The fraction of sp³-hybridized carbons (Fsp3) is 0.467. The lowest BCUT2D eigenvalue weighted by molar-refractivity contribution is -0.144. The van der Waals surface area contributed by atoms with Gasteiger partial charge in [-0.25, -0.2) is 4.39 Å². The van der Waals surface area contributed by atoms with Crippen LogP contribution in [0.4, 0.5) is 10.1 Å². The number of hydrogen-bond donors (Lipinski definition) is 0. The van der Waals surface area contributed by atoms with Crippen LogP contribution in [0.1, 0.15) is 24.8 Å². The van der Waals surface area contributed by atoms with Crippen LogP contribution in [0.15, 0.2) is 18.2 Å². The highest BCUT2D eigenvalue weighted by molar-refractivity contribution is 6.06. The number of rotatable bonds is 1. The zero-order chi connectivity index (χ0) is 14.3. The van der Waals surface area contributed by atoms with E-state index in [0.29, 0.717) is 17.8 Å². The molecule has 106 valence electrons. The van der Waals surface area contributed by atoms with Gasteiger partial charge in [0, 0.05) is 12.2 Å². The number of amides is 2. The predicted octanol–water partition coefficient (Wildman–Crippen LogP) is 1.86. The highest BCUT2D eigenvalue weighted by atomic mass is 19.1. The molecule has 0 aromatic heterocycles. The lowest BCUT2D eigenvalue weighted by atomic mass is 9.98. The Labute approximate surface area is 117 Å². The molecule has 0 aliphatic carbocycles. The Morgan fingerprint density at radius 1 is 1.25 bits per heavy atom. The van der Waals surface area contributed by atoms with Crippen molar-refractivity contribution in [2.24, 2.45) is 0 Å². The van der Waals surface area contributed by atoms with E-state index in [0.717, 1.165) is 19.3 Å². The molecular weight excluding hydrogens is 259 g/mol. The van der Waals surface area contributed by atoms with Gasteiger partial charge in [-0.1, -0.05) is 0 Å². The minimum Gasteiger partial charge on any atom is -0.329 e. The van der Waals surface area contributed by atoms with Gasteiger partial charge in [-0.2, -0.15) is 0 Å². The van der Waals surface area contributed by atoms with Gasteiger partial charge in [-0.15, -0.1) is 0 Å². The van der Waals surface area contributed by atoms with Crippen molar-refractivity contribution in [3.05, 3.63) is 29.6 Å². The van der Waals surface area contributed by atoms with Gasteiger partial charge < -0.3 is 9.80 Å². The third-order valence-corrected chi connectivity index (χ3v) is 4.12. The summed E-state index contributed by atoms with van der Waals surface area (Å²) in [5.74, 6) is -0.365. The van der Waals surface area contributed by atoms with Gasteiger partial charge in [0.15, 0.2) is 0 Å². The largest absolute Gasteiger partial charge is 0.329 e. The Balaban J connectivity index is 1.92. The molecule has 2 aliphatic heterocycles. The Kier molecular flexibility index (Phi) is 3.20. The van der Waals surface area contributed by atoms with E-state index in [1.807, 2.05) is 0 Å². The molecular formula is C15H17FN2O2. The monoisotopic (exact) mass is 276 g/mol. The molecule has 2 aliphatic rings. The summed E-state index contributed by atoms with van der Waals surface area (Å²) in [6.07, 6.45) is 2.66. The minimum atomic E-state index is -0.338. The molecule has 1 unspecified atom stereocenters. The molecule has 1 aromatic rings. The molecule has 0 saturated carbocycles. The van der Waals surface area contributed by atoms with Gasteiger partial charge >= 0.3 is 0 Å². The lowest BCUT2D eigenvalue weighted by Gasteiger charge is -2.42. The highest BCUT2D eigenvalue weighted by Crippen LogP contribution is 2.27. The van der Waals surface area contributed by atoms with E-state index in [9.17, 15) is 14.0 Å². The van der Waals surface area contributed by atoms with Gasteiger partial charge in [-0.3, -0.25) is 9.59 Å². The van der Waals surface area contributed by atoms with Crippen LogP contribution < -0.4 is 4.90 Å². The quantitative estimate of drug-likeness (QED) is 0.785. The number of carbonyl (C=O) groups excluding carboxylic acids is 2. The maximum absolute atomic E-state index is 13.3. The number of aryl methyl sites for hydroxylation is 1. The molecule has 3 rings (SSSR count). The van der Waals surface area contributed by atoms with Crippen LogP contribution in [0.2, 0.25) is 0 Å². The first kappa shape index (κ1) is 13.1. The number of benzene rings is 1. The molecule has 0 N–H and O–H groups in total. The van der Waals surface area contributed by atoms with Crippen LogP contribution >= 0.6 is 0 Å². The van der Waals surface area contributed by atoms with E-state index in [1.54, 1.807) is 24.0 Å². The lowest BCUT2D eigenvalue weighted by Crippen LogP contribution is -2.61. The summed E-state index contributed by atoms with van der Waals surface area (Å²) >= 11 is 0. The molecule has 20 heavy (non-hydrogen) atoms. The Bertz CT molecular complexity index is 573. The maximum atomic E-state index is 13.3. The van der Waals surface area contributed by atoms with Gasteiger partial charge in [0.05, 0.1) is 0 Å². The van der Waals surface area contributed by atoms with Crippen LogP contribution in [-0.4, -0.2) is 35.8 Å². The van der Waals surface area contributed by atoms with E-state index >= 15 is 0 Å². The number of carbonyl (C=O) groups is 2. The number of piperidine rings is 1. The molecule has 0 bridgehead atoms. The third kappa shape index (κ3) is 2.07. The summed E-state index contributed by atoms with van der Waals surface area (Å²) in [4.78, 5) is 27.9. The standard InChI is InChI=1S/C15H17FN2O2/c1-10-8-11(5-6-12(10)16)18-9-14(19)17-7-3-2-4-13(17)15(18)20/h5-6,8,13H,2-4,7,9H2,1H3. The van der Waals surface area contributed by atoms with Crippen LogP contribution in [0, 0.1) is 12.7 Å². The molecule has 5 heteroatoms. The third-order valence-electron chi connectivity index (χ3n) is 4.12. The van der Waals surface area contributed by atoms with Crippen molar-refractivity contribution in [1.82, 2.24) is 4.90 Å². The molecule has 1 aromatic carbocycles. The summed E-state index contributed by atoms with van der Waals surface area (Å²) in [7, 11) is 0. The van der Waals surface area contributed by atoms with Crippen LogP contribution in [-0.2, 0) is 9.59 Å². The van der Waals surface area contributed by atoms with Crippen molar-refractivity contribution in [1.29, 1.82) is 0 Å². The first-order valence-electron chi connectivity index (χ1n) is 6.95. The molecule has 2 heterocycles. The number of nitrogens with zero attached hydrogens (tertiary/aromatic N) is 2. The van der Waals surface area contributed by atoms with E-state index in [4.69, 9.17) is 0 Å². The van der Waals surface area contributed by atoms with Crippen LogP contribution in [0.25, 0.3) is 0 Å². The van der Waals surface area contributed by atoms with Crippen molar-refractivity contribution >= 4 is 17.5 Å². The molecule has 1 atom stereocenters. The zero-order valence-corrected chi connectivity index (χ0v) is 11.4. The van der Waals surface area contributed by atoms with E-state index in [-0.39, 0.29) is 30.2 Å². The summed E-state index contributed by atoms with van der Waals surface area (Å²) in [5.41, 5.74) is 1.08. The highest BCUT2D eigenvalue weighted by Gasteiger charge is 2.40. The average molecular weight is 276 g/mol. The summed E-state index contributed by atoms with van der Waals surface area (Å²) in [6, 6.07) is 4.19. The second-order valence-electron chi connectivity index (χ2n) is 5.46. The Morgan fingerprint density at radius 2 is 2.05 bits per heavy atom. The average Bonchev–Trinajstić information content (AvgIpc) is 2.46. The van der Waals surface area contributed by atoms with Gasteiger partial charge in [0.2, 0.25) is 11.8 Å². The maximum Gasteiger partial charge on any atom is 0.250 e. The molecule has 2 fully saturated rings. The van der Waals surface area contributed by atoms with Crippen molar-refractivity contribution in [3.8, 4) is 0 Å². The second-order valence-corrected chi connectivity index (χ2v) is 5.46. The number of halogens is 1. The van der Waals surface area contributed by atoms with Crippen LogP contribution in [0.5, 0.6) is 0 Å². The normalized spacial score (nSPS) is 23.0. The number of anilines is 1. The fourth-order valence-corrected chi connectivity index (χ4v) is 2.99. The van der Waals surface area contributed by atoms with Crippen molar-refractivity contribution in [2.45, 2.75) is 32.2 Å². The number of fused-ring (bicyclic) bond motifs is 1. The van der Waals surface area contributed by atoms with Gasteiger partial charge in [-0.05, 0) is 49.9 Å². The molecule has 0 radical (unpaired) electrons. The molecule has 0 spiro atoms. The summed E-state index contributed by atoms with van der Waals surface area (Å²) in [6.45, 7) is 2.38. The SMILES string of the molecule is Cc1cc(N2CC(=O)N3CCCCC3C2=O)ccc1F. The minimum absolute atomic E-state index is 0.0173. The molecule has 2 amide bonds. The topological polar surface area (TPSA) is 40.6 Å². The molecule has 2 saturated heterocycles. The van der Waals surface area contributed by atoms with Gasteiger partial charge in [0.1, 0.15) is 18.4 Å². The predicted molar refractivity (Wildman–Crippen MR) is 72.8 cm³/mol. The number of piperazine rings is 1. The summed E-state index contributed by atoms with van der Waals surface area (Å²) in [5, 5.41) is 0. The molecule has 4 nitrogen and oxygen atoms in total. The van der Waals surface area contributed by atoms with E-state index in [1.165, 1.54) is 11.0 Å². The van der Waals surface area contributed by atoms with Crippen molar-refractivity contribution < 1.29 is 14.0 Å². The smallest absolute Gasteiger partial charge is 0.250 e. The zero-order valence-electron chi connectivity index (χ0n) is 11.4. The first-order valence-corrected chi connectivity index (χ1v) is 6.95. The Morgan fingerprint density at radius 3 is 2.80 bits per heavy atom. The van der Waals surface area contributed by atoms with Crippen LogP contribution in [0.3, 0.4) is 0 Å². The number of hydrogen-bond acceptors (Lipinski definition) is 2. The van der Waals surface area contributed by atoms with E-state index < -0.39 is 0 Å². The fourth-order valence-electron chi connectivity index (χ4n) is 2.99. The second kappa shape index (κ2) is 4.89. The Hall–Kier alpha value is -1.91. The first-order chi connectivity index (χ1) is 9.58. The van der Waals surface area contributed by atoms with Gasteiger partial charge in [0.25, 0.3) is 0 Å². The summed E-state index contributed by atoms with van der Waals surface area (Å²) < 4.78 is 13.3. The van der Waals surface area contributed by atoms with E-state index in [2.05, 4.69) is 0 Å².